The second-order valence-corrected chi connectivity index (χ2v) is 4.87. The van der Waals surface area contributed by atoms with Crippen LogP contribution >= 0.6 is 0 Å². The number of aliphatic hydroxyl groups excluding tert-OH is 1. The molecular formula is C13H25NO4. The van der Waals surface area contributed by atoms with Gasteiger partial charge in [-0.1, -0.05) is 13.8 Å². The van der Waals surface area contributed by atoms with Gasteiger partial charge in [0.25, 0.3) is 0 Å². The minimum atomic E-state index is -0.986. The summed E-state index contributed by atoms with van der Waals surface area (Å²) < 4.78 is 0. The van der Waals surface area contributed by atoms with Crippen LogP contribution in [0.2, 0.25) is 0 Å². The third-order valence-corrected chi connectivity index (χ3v) is 3.58. The highest BCUT2D eigenvalue weighted by molar-refractivity contribution is 5.85. The Balaban J connectivity index is 4.92. The van der Waals surface area contributed by atoms with E-state index in [2.05, 4.69) is 0 Å². The zero-order valence-electron chi connectivity index (χ0n) is 11.8. The first-order valence-corrected chi connectivity index (χ1v) is 6.48. The Hall–Kier alpha value is -1.10. The molecule has 2 N–H and O–H groups in total. The lowest BCUT2D eigenvalue weighted by molar-refractivity contribution is -0.155. The first-order chi connectivity index (χ1) is 8.34. The van der Waals surface area contributed by atoms with E-state index in [4.69, 9.17) is 5.11 Å². The Bertz CT molecular complexity index is 285. The molecule has 0 aromatic heterocycles. The lowest BCUT2D eigenvalue weighted by Gasteiger charge is -2.32. The van der Waals surface area contributed by atoms with Crippen LogP contribution in [-0.4, -0.2) is 46.2 Å². The van der Waals surface area contributed by atoms with Gasteiger partial charge in [-0.15, -0.1) is 0 Å². The van der Waals surface area contributed by atoms with E-state index in [0.717, 1.165) is 0 Å². The van der Waals surface area contributed by atoms with E-state index in [1.807, 2.05) is 13.8 Å². The van der Waals surface area contributed by atoms with E-state index in [9.17, 15) is 14.7 Å². The van der Waals surface area contributed by atoms with Crippen LogP contribution in [0.15, 0.2) is 0 Å². The number of carbonyl (C=O) groups excluding carboxylic acids is 1. The van der Waals surface area contributed by atoms with E-state index >= 15 is 0 Å². The van der Waals surface area contributed by atoms with Crippen molar-refractivity contribution in [3.05, 3.63) is 0 Å². The van der Waals surface area contributed by atoms with Crippen molar-refractivity contribution in [2.75, 3.05) is 13.2 Å². The van der Waals surface area contributed by atoms with Gasteiger partial charge in [0.15, 0.2) is 0 Å². The molecule has 0 heterocycles. The van der Waals surface area contributed by atoms with Crippen molar-refractivity contribution < 1.29 is 19.8 Å². The van der Waals surface area contributed by atoms with Crippen molar-refractivity contribution in [1.82, 2.24) is 4.90 Å². The summed E-state index contributed by atoms with van der Waals surface area (Å²) >= 11 is 0. The number of amides is 1. The predicted molar refractivity (Wildman–Crippen MR) is 69.2 cm³/mol. The van der Waals surface area contributed by atoms with Crippen molar-refractivity contribution in [3.8, 4) is 0 Å². The Morgan fingerprint density at radius 2 is 1.72 bits per heavy atom. The van der Waals surface area contributed by atoms with Crippen molar-refractivity contribution >= 4 is 11.9 Å². The van der Waals surface area contributed by atoms with E-state index in [0.29, 0.717) is 12.8 Å². The van der Waals surface area contributed by atoms with Gasteiger partial charge in [-0.25, -0.2) is 0 Å². The van der Waals surface area contributed by atoms with E-state index in [-0.39, 0.29) is 31.5 Å². The van der Waals surface area contributed by atoms with Crippen molar-refractivity contribution in [3.63, 3.8) is 0 Å². The quantitative estimate of drug-likeness (QED) is 0.692. The molecule has 0 saturated carbocycles. The van der Waals surface area contributed by atoms with Gasteiger partial charge in [-0.05, 0) is 26.7 Å². The number of aliphatic carboxylic acids is 1. The van der Waals surface area contributed by atoms with E-state index in [1.165, 1.54) is 4.90 Å². The molecule has 5 nitrogen and oxygen atoms in total. The lowest BCUT2D eigenvalue weighted by Crippen LogP contribution is -2.43. The molecule has 0 aliphatic heterocycles. The molecule has 0 aromatic rings. The molecule has 0 rings (SSSR count). The summed E-state index contributed by atoms with van der Waals surface area (Å²) in [6, 6.07) is -0.0372. The van der Waals surface area contributed by atoms with Crippen LogP contribution in [0.1, 0.15) is 47.0 Å². The second kappa shape index (κ2) is 7.36. The Morgan fingerprint density at radius 1 is 1.22 bits per heavy atom. The van der Waals surface area contributed by atoms with Crippen LogP contribution in [0.4, 0.5) is 0 Å². The van der Waals surface area contributed by atoms with Gasteiger partial charge < -0.3 is 15.1 Å². The molecule has 0 unspecified atom stereocenters. The number of carboxylic acid groups (broad SMARTS) is 1. The van der Waals surface area contributed by atoms with Crippen molar-refractivity contribution in [2.45, 2.75) is 53.0 Å². The third kappa shape index (κ3) is 3.98. The molecule has 0 spiro atoms. The lowest BCUT2D eigenvalue weighted by atomic mass is 9.79. The van der Waals surface area contributed by atoms with Crippen LogP contribution in [-0.2, 0) is 9.59 Å². The van der Waals surface area contributed by atoms with Gasteiger partial charge in [0.05, 0.1) is 12.0 Å². The average molecular weight is 259 g/mol. The maximum atomic E-state index is 12.2. The maximum absolute atomic E-state index is 12.2. The highest BCUT2D eigenvalue weighted by Gasteiger charge is 2.38. The minimum absolute atomic E-state index is 0.00644. The summed E-state index contributed by atoms with van der Waals surface area (Å²) in [5, 5.41) is 18.2. The molecule has 0 aliphatic carbocycles. The number of nitrogens with zero attached hydrogens (tertiary/aromatic N) is 1. The Kier molecular flexibility index (Phi) is 6.91. The van der Waals surface area contributed by atoms with Gasteiger partial charge in [0.2, 0.25) is 5.91 Å². The summed E-state index contributed by atoms with van der Waals surface area (Å²) in [5.74, 6) is -1.13. The molecule has 1 amide bonds. The minimum Gasteiger partial charge on any atom is -0.481 e. The number of hydrogen-bond acceptors (Lipinski definition) is 3. The fourth-order valence-corrected chi connectivity index (χ4v) is 2.05. The van der Waals surface area contributed by atoms with Crippen LogP contribution in [0.5, 0.6) is 0 Å². The Morgan fingerprint density at radius 3 is 2.00 bits per heavy atom. The van der Waals surface area contributed by atoms with Crippen LogP contribution < -0.4 is 0 Å². The zero-order chi connectivity index (χ0) is 14.3. The van der Waals surface area contributed by atoms with Crippen LogP contribution in [0.3, 0.4) is 0 Å². The molecule has 0 saturated heterocycles. The highest BCUT2D eigenvalue weighted by atomic mass is 16.4. The number of hydrogen-bond donors (Lipinski definition) is 2. The largest absolute Gasteiger partial charge is 0.481 e. The molecule has 0 atom stereocenters. The summed E-state index contributed by atoms with van der Waals surface area (Å²) in [4.78, 5) is 25.0. The van der Waals surface area contributed by atoms with Gasteiger partial charge in [0.1, 0.15) is 0 Å². The second-order valence-electron chi connectivity index (χ2n) is 4.87. The molecule has 0 radical (unpaired) electrons. The van der Waals surface area contributed by atoms with Gasteiger partial charge in [-0.3, -0.25) is 9.59 Å². The molecule has 106 valence electrons. The molecule has 18 heavy (non-hydrogen) atoms. The molecule has 0 aromatic carbocycles. The van der Waals surface area contributed by atoms with Gasteiger partial charge in [0, 0.05) is 19.0 Å². The monoisotopic (exact) mass is 259 g/mol. The smallest absolute Gasteiger partial charge is 0.310 e. The number of carbonyl (C=O) groups is 2. The first kappa shape index (κ1) is 16.9. The van der Waals surface area contributed by atoms with E-state index in [1.54, 1.807) is 13.8 Å². The van der Waals surface area contributed by atoms with Crippen LogP contribution in [0.25, 0.3) is 0 Å². The molecule has 0 aliphatic rings. The van der Waals surface area contributed by atoms with Crippen molar-refractivity contribution in [1.29, 1.82) is 0 Å². The summed E-state index contributed by atoms with van der Waals surface area (Å²) in [6.07, 6.45) is 0.846. The summed E-state index contributed by atoms with van der Waals surface area (Å²) in [5.41, 5.74) is -0.986. The number of aliphatic hydroxyl groups is 1. The average Bonchev–Trinajstić information content (AvgIpc) is 2.31. The molecule has 0 bridgehead atoms. The molecule has 0 fully saturated rings. The van der Waals surface area contributed by atoms with E-state index < -0.39 is 11.4 Å². The third-order valence-electron chi connectivity index (χ3n) is 3.58. The van der Waals surface area contributed by atoms with Crippen molar-refractivity contribution in [2.24, 2.45) is 5.41 Å². The summed E-state index contributed by atoms with van der Waals surface area (Å²) in [6.45, 7) is 7.43. The topological polar surface area (TPSA) is 77.8 Å². The Labute approximate surface area is 109 Å². The standard InChI is InChI=1S/C13H25NO4/c1-5-13(6-2,12(17)18)9-11(16)14(7-8-15)10(3)4/h10,15H,5-9H2,1-4H3,(H,17,18). The highest BCUT2D eigenvalue weighted by Crippen LogP contribution is 2.32. The number of rotatable bonds is 8. The SMILES string of the molecule is CCC(CC)(CC(=O)N(CCO)C(C)C)C(=O)O. The molecular weight excluding hydrogens is 234 g/mol. The maximum Gasteiger partial charge on any atom is 0.310 e. The van der Waals surface area contributed by atoms with Gasteiger partial charge >= 0.3 is 5.97 Å². The summed E-state index contributed by atoms with van der Waals surface area (Å²) in [7, 11) is 0. The van der Waals surface area contributed by atoms with Gasteiger partial charge in [-0.2, -0.15) is 0 Å². The fraction of sp³-hybridized carbons (Fsp3) is 0.846. The fourth-order valence-electron chi connectivity index (χ4n) is 2.05. The predicted octanol–water partition coefficient (Wildman–Crippen LogP) is 1.50. The zero-order valence-corrected chi connectivity index (χ0v) is 11.8. The molecule has 5 heteroatoms. The normalized spacial score (nSPS) is 11.7. The van der Waals surface area contributed by atoms with Crippen LogP contribution in [0, 0.1) is 5.41 Å². The number of carboxylic acids is 1. The first-order valence-electron chi connectivity index (χ1n) is 6.48.